The average Bonchev–Trinajstić information content (AvgIpc) is 1.65. The summed E-state index contributed by atoms with van der Waals surface area (Å²) in [5.41, 5.74) is -14.8. The van der Waals surface area contributed by atoms with Crippen LogP contribution in [0.2, 0.25) is 0 Å². The first-order valence-electron chi connectivity index (χ1n) is 31.0. The number of rotatable bonds is 4. The molecule has 0 saturated carbocycles. The van der Waals surface area contributed by atoms with Gasteiger partial charge in [-0.2, -0.15) is 0 Å². The first-order valence-corrected chi connectivity index (χ1v) is 15.5. The second-order valence-corrected chi connectivity index (χ2v) is 11.7. The Morgan fingerprint density at radius 2 is 1.06 bits per heavy atom. The minimum Gasteiger partial charge on any atom is -0.456 e. The van der Waals surface area contributed by atoms with Crippen LogP contribution >= 0.6 is 0 Å². The molecule has 0 N–H and O–H groups in total. The lowest BCUT2D eigenvalue weighted by Gasteiger charge is -2.41. The second-order valence-electron chi connectivity index (χ2n) is 11.7. The molecule has 52 heavy (non-hydrogen) atoms. The number of fused-ring (bicyclic) bond motifs is 12. The van der Waals surface area contributed by atoms with Crippen molar-refractivity contribution in [2.45, 2.75) is 11.8 Å². The Kier molecular flexibility index (Phi) is 2.57. The van der Waals surface area contributed by atoms with Crippen LogP contribution in [0.3, 0.4) is 0 Å². The lowest BCUT2D eigenvalue weighted by Crippen LogP contribution is -2.34. The molecule has 9 aromatic rings. The molecule has 1 aromatic heterocycles. The number of benzene rings is 8. The van der Waals surface area contributed by atoms with Crippen LogP contribution in [0, 0.1) is 0 Å². The van der Waals surface area contributed by atoms with Gasteiger partial charge in [0.2, 0.25) is 0 Å². The van der Waals surface area contributed by atoms with Crippen LogP contribution in [-0.4, -0.2) is 0 Å². The first-order chi connectivity index (χ1) is 38.7. The van der Waals surface area contributed by atoms with E-state index in [2.05, 4.69) is 0 Å². The Hall–Kier alpha value is -6.64. The van der Waals surface area contributed by atoms with Gasteiger partial charge >= 0.3 is 0 Å². The molecule has 11 rings (SSSR count). The van der Waals surface area contributed by atoms with E-state index in [1.807, 2.05) is 0 Å². The highest BCUT2D eigenvalue weighted by molar-refractivity contribution is 6.13. The third kappa shape index (κ3) is 4.06. The summed E-state index contributed by atoms with van der Waals surface area (Å²) >= 11 is 0. The smallest absolute Gasteiger partial charge is 0.137 e. The van der Waals surface area contributed by atoms with Crippen LogP contribution in [0.4, 0.5) is 17.1 Å². The highest BCUT2D eigenvalue weighted by atomic mass is 16.3. The topological polar surface area (TPSA) is 16.4 Å². The van der Waals surface area contributed by atoms with Crippen molar-refractivity contribution >= 4 is 39.0 Å². The van der Waals surface area contributed by atoms with E-state index in [1.165, 1.54) is 0 Å². The van der Waals surface area contributed by atoms with Crippen molar-refractivity contribution < 1.29 is 46.9 Å². The van der Waals surface area contributed by atoms with Gasteiger partial charge in [0.1, 0.15) is 11.2 Å². The van der Waals surface area contributed by atoms with Gasteiger partial charge in [0.15, 0.2) is 0 Å². The summed E-state index contributed by atoms with van der Waals surface area (Å²) in [7, 11) is 0. The molecule has 2 nitrogen and oxygen atoms in total. The fourth-order valence-electron chi connectivity index (χ4n) is 7.03. The molecule has 0 bridgehead atoms. The van der Waals surface area contributed by atoms with E-state index in [0.717, 1.165) is 0 Å². The zero-order valence-corrected chi connectivity index (χ0v) is 26.1. The number of hydrogen-bond donors (Lipinski definition) is 0. The Morgan fingerprint density at radius 1 is 0.462 bits per heavy atom. The third-order valence-electron chi connectivity index (χ3n) is 9.08. The fourth-order valence-corrected chi connectivity index (χ4v) is 7.03. The minimum absolute atomic E-state index is 0.430. The van der Waals surface area contributed by atoms with Crippen molar-refractivity contribution in [2.75, 3.05) is 4.90 Å². The van der Waals surface area contributed by atoms with Crippen molar-refractivity contribution in [1.29, 1.82) is 0 Å². The number of hydrogen-bond acceptors (Lipinski definition) is 2. The lowest BCUT2D eigenvalue weighted by atomic mass is 9.61. The summed E-state index contributed by atoms with van der Waals surface area (Å²) in [5, 5.41) is -1.39. The van der Waals surface area contributed by atoms with Crippen LogP contribution in [0.15, 0.2) is 192 Å². The van der Waals surface area contributed by atoms with Gasteiger partial charge in [-0.3, -0.25) is 0 Å². The molecule has 244 valence electrons. The molecule has 0 radical (unpaired) electrons. The van der Waals surface area contributed by atoms with Crippen molar-refractivity contribution in [1.82, 2.24) is 0 Å². The summed E-state index contributed by atoms with van der Waals surface area (Å²) in [4.78, 5) is 0.439. The summed E-state index contributed by atoms with van der Waals surface area (Å²) in [6.07, 6.45) is -0.823. The van der Waals surface area contributed by atoms with Crippen LogP contribution < -0.4 is 4.90 Å². The molecule has 1 heterocycles. The van der Waals surface area contributed by atoms with Gasteiger partial charge in [-0.15, -0.1) is 0 Å². The Balaban J connectivity index is 1.45. The number of anilines is 3. The van der Waals surface area contributed by atoms with E-state index in [0.29, 0.717) is 4.90 Å². The summed E-state index contributed by atoms with van der Waals surface area (Å²) in [5.74, 6) is 0. The van der Waals surface area contributed by atoms with E-state index < -0.39 is 294 Å². The van der Waals surface area contributed by atoms with Crippen molar-refractivity contribution in [3.63, 3.8) is 0 Å². The number of para-hydroxylation sites is 1. The first kappa shape index (κ1) is 12.0. The van der Waals surface area contributed by atoms with E-state index in [-0.39, 0.29) is 0 Å². The average molecular weight is 695 g/mol. The van der Waals surface area contributed by atoms with E-state index in [9.17, 15) is 20.6 Å². The maximum Gasteiger partial charge on any atom is 0.137 e. The molecule has 0 aliphatic heterocycles. The van der Waals surface area contributed by atoms with Crippen LogP contribution in [0.5, 0.6) is 0 Å². The molecule has 2 aliphatic rings. The maximum atomic E-state index is 10.7. The monoisotopic (exact) mass is 694 g/mol. The van der Waals surface area contributed by atoms with Crippen molar-refractivity contribution in [3.05, 3.63) is 221 Å². The maximum absolute atomic E-state index is 10.7. The molecule has 0 atom stereocenters. The number of nitrogens with zero attached hydrogens (tertiary/aromatic N) is 1. The largest absolute Gasteiger partial charge is 0.456 e. The van der Waals surface area contributed by atoms with E-state index >= 15 is 0 Å². The summed E-state index contributed by atoms with van der Waals surface area (Å²) in [6, 6.07) is -31.6. The Labute approximate surface area is 346 Å². The highest BCUT2D eigenvalue weighted by Crippen LogP contribution is 2.60. The number of furan rings is 1. The molecule has 0 amide bonds. The van der Waals surface area contributed by atoms with Crippen molar-refractivity contribution in [2.24, 2.45) is 0 Å². The lowest BCUT2D eigenvalue weighted by molar-refractivity contribution is 0.669. The molecular weight excluding hydrogens is 631 g/mol. The standard InChI is InChI=1S/C50H33NO/c1-2-13-33(14-3-1)34-25-28-37(29-26-34)51(46-22-12-24-48-49(46)41-18-7-11-23-47(41)52-48)38-30-27-36-31-35-15-4-8-19-42(35)50(45(36)32-38)43-20-9-5-16-39(43)40-17-6-10-21-44(40)50/h1-30,32H,31H2/i1D,2D,3D,4D,5D,6D,7D,8D,9D,10D,11D,12D,13D,14D,15D,16D,17D,18D,19D,20D,21D,22D,23D,24D,25D,26D,27D,28D,29D,30D,32D. The van der Waals surface area contributed by atoms with E-state index in [4.69, 9.17) is 26.3 Å². The minimum atomic E-state index is -3.02. The molecular formula is C50H33NO. The second kappa shape index (κ2) is 11.2. The van der Waals surface area contributed by atoms with Crippen molar-refractivity contribution in [3.8, 4) is 22.3 Å². The molecule has 8 aromatic carbocycles. The Morgan fingerprint density at radius 3 is 1.85 bits per heavy atom. The van der Waals surface area contributed by atoms with Gasteiger partial charge in [0.05, 0.1) is 59.0 Å². The van der Waals surface area contributed by atoms with Gasteiger partial charge in [0, 0.05) is 16.8 Å². The molecule has 2 aliphatic carbocycles. The Bertz CT molecular complexity index is 4500. The summed E-state index contributed by atoms with van der Waals surface area (Å²) < 4.78 is 291. The van der Waals surface area contributed by atoms with Gasteiger partial charge in [-0.25, -0.2) is 0 Å². The SMILES string of the molecule is [2H]c1c([2H])c([2H])c(-c2c([2H])c([2H])c(N(c3c([2H])c([2H])c4c(c3[2H])C3(c5c([2H])c([2H])c([2H])c([2H])c5C4)c4c([2H])c([2H])c([2H])c([2H])c4-c4c([2H])c([2H])c([2H])c([2H])c43)c3c([2H])c([2H])c([2H])c4oc5c([2H])c([2H])c([2H])c([2H])c5c34)c([2H])c2[2H])c([2H])c1[2H]. The molecule has 0 unspecified atom stereocenters. The van der Waals surface area contributed by atoms with Gasteiger partial charge in [-0.05, 0) is 104 Å². The fraction of sp³-hybridized carbons (Fsp3) is 0.0400. The van der Waals surface area contributed by atoms with Gasteiger partial charge < -0.3 is 9.32 Å². The summed E-state index contributed by atoms with van der Waals surface area (Å²) in [6.45, 7) is 0. The highest BCUT2D eigenvalue weighted by Gasteiger charge is 2.49. The van der Waals surface area contributed by atoms with Crippen LogP contribution in [0.25, 0.3) is 44.2 Å². The zero-order chi connectivity index (χ0) is 61.2. The van der Waals surface area contributed by atoms with E-state index in [1.54, 1.807) is 0 Å². The van der Waals surface area contributed by atoms with Crippen LogP contribution in [-0.2, 0) is 11.8 Å². The molecule has 1 spiro atoms. The van der Waals surface area contributed by atoms with Gasteiger partial charge in [0.25, 0.3) is 0 Å². The molecule has 0 saturated heterocycles. The normalized spacial score (nSPS) is 21.8. The third-order valence-corrected chi connectivity index (χ3v) is 9.08. The molecule has 2 heteroatoms. The quantitative estimate of drug-likeness (QED) is 0.182. The molecule has 0 fully saturated rings. The van der Waals surface area contributed by atoms with Crippen LogP contribution in [0.1, 0.15) is 75.9 Å². The predicted molar refractivity (Wildman–Crippen MR) is 214 cm³/mol. The van der Waals surface area contributed by atoms with Gasteiger partial charge in [-0.1, -0.05) is 145 Å². The predicted octanol–water partition coefficient (Wildman–Crippen LogP) is 13.0. The zero-order valence-electron chi connectivity index (χ0n) is 57.1.